The number of aromatic nitrogens is 2. The highest BCUT2D eigenvalue weighted by Gasteiger charge is 2.51. The number of hydrogen-bond donors (Lipinski definition) is 3. The molecule has 3 saturated carbocycles. The average Bonchev–Trinajstić information content (AvgIpc) is 3.87. The van der Waals surface area contributed by atoms with Gasteiger partial charge in [0.1, 0.15) is 23.8 Å². The second-order valence-electron chi connectivity index (χ2n) is 16.9. The highest BCUT2D eigenvalue weighted by molar-refractivity contribution is 6.38. The first kappa shape index (κ1) is 40.3. The summed E-state index contributed by atoms with van der Waals surface area (Å²) >= 11 is 0. The van der Waals surface area contributed by atoms with Crippen LogP contribution in [0.25, 0.3) is 0 Å². The highest BCUT2D eigenvalue weighted by atomic mass is 16.2. The van der Waals surface area contributed by atoms with Crippen molar-refractivity contribution in [3.63, 3.8) is 0 Å². The summed E-state index contributed by atoms with van der Waals surface area (Å²) in [6.07, 6.45) is 17.2. The second kappa shape index (κ2) is 18.0. The lowest BCUT2D eigenvalue weighted by Gasteiger charge is -2.40. The van der Waals surface area contributed by atoms with E-state index in [1.54, 1.807) is 11.9 Å². The zero-order chi connectivity index (χ0) is 38.3. The van der Waals surface area contributed by atoms with Crippen molar-refractivity contribution >= 4 is 35.3 Å². The Morgan fingerprint density at radius 1 is 0.887 bits per heavy atom. The fraction of sp³-hybridized carbons (Fsp3) is 0.750. The number of nitrogens with zero attached hydrogens (tertiary/aromatic N) is 4. The molecule has 0 unspecified atom stereocenters. The molecule has 292 valence electrons. The number of amides is 5. The second-order valence-corrected chi connectivity index (χ2v) is 16.9. The molecule has 0 bridgehead atoms. The molecule has 1 aromatic rings. The Hall–Kier alpha value is -3.90. The van der Waals surface area contributed by atoms with Crippen molar-refractivity contribution in [2.24, 2.45) is 23.2 Å². The lowest BCUT2D eigenvalue weighted by atomic mass is 9.76. The van der Waals surface area contributed by atoms with Gasteiger partial charge in [0.2, 0.25) is 23.5 Å². The normalized spacial score (nSPS) is 23.0. The van der Waals surface area contributed by atoms with Gasteiger partial charge in [-0.2, -0.15) is 0 Å². The summed E-state index contributed by atoms with van der Waals surface area (Å²) in [6.45, 7) is 7.91. The lowest BCUT2D eigenvalue weighted by Crippen LogP contribution is -2.62. The number of hydrogen-bond acceptors (Lipinski definition) is 8. The van der Waals surface area contributed by atoms with E-state index in [9.17, 15) is 28.8 Å². The van der Waals surface area contributed by atoms with Gasteiger partial charge in [-0.15, -0.1) is 0 Å². The predicted octanol–water partition coefficient (Wildman–Crippen LogP) is 3.96. The minimum Gasteiger partial charge on any atom is -0.347 e. The maximum absolute atomic E-state index is 14.9. The van der Waals surface area contributed by atoms with Gasteiger partial charge in [0.05, 0.1) is 12.2 Å². The van der Waals surface area contributed by atoms with E-state index in [2.05, 4.69) is 25.9 Å². The summed E-state index contributed by atoms with van der Waals surface area (Å²) in [5.41, 5.74) is -0.645. The molecule has 53 heavy (non-hydrogen) atoms. The number of likely N-dealkylation sites (tertiary alicyclic amines) is 1. The molecule has 1 aromatic heterocycles. The minimum atomic E-state index is -1.00. The van der Waals surface area contributed by atoms with Crippen molar-refractivity contribution in [2.45, 2.75) is 154 Å². The molecule has 4 fully saturated rings. The maximum Gasteiger partial charge on any atom is 0.289 e. The first-order valence-electron chi connectivity index (χ1n) is 20.1. The van der Waals surface area contributed by atoms with Gasteiger partial charge in [-0.1, -0.05) is 85.5 Å². The van der Waals surface area contributed by atoms with Crippen molar-refractivity contribution in [1.82, 2.24) is 35.7 Å². The van der Waals surface area contributed by atoms with Crippen LogP contribution in [0.1, 0.15) is 134 Å². The van der Waals surface area contributed by atoms with Crippen LogP contribution in [-0.4, -0.2) is 98.9 Å². The number of carbonyl (C=O) groups is 6. The third-order valence-corrected chi connectivity index (χ3v) is 11.9. The van der Waals surface area contributed by atoms with E-state index in [0.29, 0.717) is 25.8 Å². The van der Waals surface area contributed by atoms with E-state index in [-0.39, 0.29) is 41.3 Å². The molecule has 5 atom stereocenters. The lowest BCUT2D eigenvalue weighted by molar-refractivity contribution is -0.152. The zero-order valence-electron chi connectivity index (χ0n) is 32.4. The van der Waals surface area contributed by atoms with Crippen LogP contribution in [0.2, 0.25) is 0 Å². The SMILES string of the molecule is CCC[C@@H](C(=O)C(=O)NC1CC1)N(C)C(=O)[C@@H]1[C@@H](C2CCCCC2)CCN1C(=O)[C@@H](NC(=O)[C@@H](NC(=O)c1cnccn1)C1CCCCC1)C(C)(C)C. The Labute approximate surface area is 314 Å². The summed E-state index contributed by atoms with van der Waals surface area (Å²) in [6, 6.07) is -3.65. The molecule has 2 heterocycles. The van der Waals surface area contributed by atoms with E-state index in [0.717, 1.165) is 77.0 Å². The largest absolute Gasteiger partial charge is 0.347 e. The molecule has 0 spiro atoms. The summed E-state index contributed by atoms with van der Waals surface area (Å²) in [5.74, 6) is -2.91. The monoisotopic (exact) mass is 735 g/mol. The molecular weight excluding hydrogens is 674 g/mol. The van der Waals surface area contributed by atoms with E-state index < -0.39 is 53.1 Å². The molecule has 3 N–H and O–H groups in total. The number of carbonyl (C=O) groups excluding carboxylic acids is 6. The maximum atomic E-state index is 14.9. The Bertz CT molecular complexity index is 1470. The number of rotatable bonds is 14. The number of nitrogens with one attached hydrogen (secondary N) is 3. The molecule has 13 nitrogen and oxygen atoms in total. The smallest absolute Gasteiger partial charge is 0.289 e. The van der Waals surface area contributed by atoms with E-state index in [1.807, 2.05) is 27.7 Å². The molecule has 1 aliphatic heterocycles. The molecule has 5 amide bonds. The third-order valence-electron chi connectivity index (χ3n) is 11.9. The Morgan fingerprint density at radius 2 is 1.55 bits per heavy atom. The molecule has 0 aromatic carbocycles. The van der Waals surface area contributed by atoms with Gasteiger partial charge in [0, 0.05) is 32.0 Å². The predicted molar refractivity (Wildman–Crippen MR) is 199 cm³/mol. The molecular formula is C40H61N7O6. The summed E-state index contributed by atoms with van der Waals surface area (Å²) in [7, 11) is 1.58. The van der Waals surface area contributed by atoms with Crippen LogP contribution in [0.3, 0.4) is 0 Å². The summed E-state index contributed by atoms with van der Waals surface area (Å²) < 4.78 is 0. The minimum absolute atomic E-state index is 0.0101. The molecule has 4 aliphatic rings. The van der Waals surface area contributed by atoms with Gasteiger partial charge >= 0.3 is 0 Å². The van der Waals surface area contributed by atoms with Gasteiger partial charge in [0.15, 0.2) is 0 Å². The van der Waals surface area contributed by atoms with Crippen LogP contribution in [0, 0.1) is 23.2 Å². The van der Waals surface area contributed by atoms with E-state index in [1.165, 1.54) is 23.5 Å². The van der Waals surface area contributed by atoms with Crippen LogP contribution >= 0.6 is 0 Å². The first-order valence-corrected chi connectivity index (χ1v) is 20.1. The van der Waals surface area contributed by atoms with Gasteiger partial charge in [-0.25, -0.2) is 4.98 Å². The fourth-order valence-corrected chi connectivity index (χ4v) is 8.75. The van der Waals surface area contributed by atoms with Crippen LogP contribution in [0.15, 0.2) is 18.6 Å². The van der Waals surface area contributed by atoms with Crippen LogP contribution in [0.5, 0.6) is 0 Å². The zero-order valence-corrected chi connectivity index (χ0v) is 32.4. The molecule has 0 radical (unpaired) electrons. The average molecular weight is 736 g/mol. The van der Waals surface area contributed by atoms with E-state index in [4.69, 9.17) is 0 Å². The third kappa shape index (κ3) is 10.0. The summed E-state index contributed by atoms with van der Waals surface area (Å²) in [4.78, 5) is 94.9. The first-order chi connectivity index (χ1) is 25.3. The molecule has 5 rings (SSSR count). The topological polar surface area (TPSA) is 171 Å². The van der Waals surface area contributed by atoms with Crippen molar-refractivity contribution in [3.8, 4) is 0 Å². The van der Waals surface area contributed by atoms with Crippen molar-refractivity contribution < 1.29 is 28.8 Å². The molecule has 13 heteroatoms. The molecule has 3 aliphatic carbocycles. The molecule has 1 saturated heterocycles. The van der Waals surface area contributed by atoms with Crippen LogP contribution in [-0.2, 0) is 24.0 Å². The van der Waals surface area contributed by atoms with Gasteiger partial charge in [-0.3, -0.25) is 33.8 Å². The van der Waals surface area contributed by atoms with Gasteiger partial charge in [0.25, 0.3) is 11.8 Å². The Kier molecular flexibility index (Phi) is 13.6. The number of likely N-dealkylation sites (N-methyl/N-ethyl adjacent to an activating group) is 1. The highest BCUT2D eigenvalue weighted by Crippen LogP contribution is 2.41. The summed E-state index contributed by atoms with van der Waals surface area (Å²) in [5, 5.41) is 8.76. The van der Waals surface area contributed by atoms with Gasteiger partial charge in [-0.05, 0) is 61.7 Å². The Balaban J connectivity index is 1.41. The van der Waals surface area contributed by atoms with Crippen molar-refractivity contribution in [1.29, 1.82) is 0 Å². The number of Topliss-reactive ketones (excluding diaryl/α,β-unsaturated/α-hetero) is 1. The van der Waals surface area contributed by atoms with Crippen molar-refractivity contribution in [3.05, 3.63) is 24.3 Å². The van der Waals surface area contributed by atoms with Crippen molar-refractivity contribution in [2.75, 3.05) is 13.6 Å². The van der Waals surface area contributed by atoms with Crippen LogP contribution in [0.4, 0.5) is 0 Å². The standard InChI is InChI=1S/C40H61N7O6/c1-6-13-30(33(48)37(51)43-27-18-19-27)46(5)38(52)32-28(25-14-9-7-10-15-25)20-23-47(32)39(53)34(40(2,3)4)45-36(50)31(26-16-11-8-12-17-26)44-35(49)29-24-41-21-22-42-29/h21-22,24-28,30-32,34H,6-20,23H2,1-5H3,(H,43,51)(H,44,49)(H,45,50)/t28-,30+,31+,32+,34-/m1/s1. The van der Waals surface area contributed by atoms with E-state index >= 15 is 0 Å². The quantitative estimate of drug-likeness (QED) is 0.241. The van der Waals surface area contributed by atoms with Gasteiger partial charge < -0.3 is 25.8 Å². The fourth-order valence-electron chi connectivity index (χ4n) is 8.75. The van der Waals surface area contributed by atoms with Crippen LogP contribution < -0.4 is 16.0 Å². The number of ketones is 1. The Morgan fingerprint density at radius 3 is 2.13 bits per heavy atom.